The summed E-state index contributed by atoms with van der Waals surface area (Å²) < 4.78 is 5.77. The van der Waals surface area contributed by atoms with Crippen molar-refractivity contribution in [3.8, 4) is 23.2 Å². The monoisotopic (exact) mass is 524 g/mol. The van der Waals surface area contributed by atoms with E-state index in [9.17, 15) is 15.5 Å². The molecule has 2 aliphatic rings. The second-order valence-electron chi connectivity index (χ2n) is 10.2. The summed E-state index contributed by atoms with van der Waals surface area (Å²) in [6.45, 7) is 7.15. The Morgan fingerprint density at radius 3 is 2.65 bits per heavy atom. The molecule has 2 fully saturated rings. The third-order valence-electron chi connectivity index (χ3n) is 7.05. The fraction of sp³-hybridized carbons (Fsp3) is 0.481. The Hall–Kier alpha value is -3.19. The molecule has 0 amide bonds. The highest BCUT2D eigenvalue weighted by Crippen LogP contribution is 2.53. The average molecular weight is 525 g/mol. The second-order valence-corrected chi connectivity index (χ2v) is 10.6. The molecule has 0 bridgehead atoms. The first-order valence-electron chi connectivity index (χ1n) is 12.3. The number of nitrogens with zero attached hydrogens (tertiary/aromatic N) is 4. The van der Waals surface area contributed by atoms with Gasteiger partial charge in [-0.2, -0.15) is 5.26 Å². The Balaban J connectivity index is 1.74. The number of benzene rings is 1. The minimum Gasteiger partial charge on any atom is -0.512 e. The Bertz CT molecular complexity index is 1270. The van der Waals surface area contributed by atoms with Gasteiger partial charge in [-0.05, 0) is 58.9 Å². The standard InChI is InChI=1S/C27H33ClN6O3/c1-15-24(23(16(2)30)17(3)35)32-25(33-26(15)34-13-27(14-34)8-18(9-27)10-29)21-7-20(5-6-22(21)28)37-12-19(36)11-31-4/h5-7,18-19,30-31,35-36H,8-9,11-14H2,1-4H3/b23-17+,30-16?/t19-/m1/s1. The summed E-state index contributed by atoms with van der Waals surface area (Å²) in [4.78, 5) is 11.8. The SMILES string of the molecule is CNC[C@@H](O)COc1ccc(Cl)c(-c2nc(/C(C(C)=N)=C(\C)O)c(C)c(N3CC4(CC(C#N)C4)C3)n2)c1. The first kappa shape index (κ1) is 26.9. The van der Waals surface area contributed by atoms with Crippen LogP contribution >= 0.6 is 11.6 Å². The maximum absolute atomic E-state index is 10.4. The third-order valence-corrected chi connectivity index (χ3v) is 7.38. The molecule has 4 N–H and O–H groups in total. The summed E-state index contributed by atoms with van der Waals surface area (Å²) in [5.74, 6) is 1.71. The fourth-order valence-corrected chi connectivity index (χ4v) is 5.50. The van der Waals surface area contributed by atoms with E-state index in [-0.39, 0.29) is 29.4 Å². The normalized spacial score (nSPS) is 17.9. The van der Waals surface area contributed by atoms with Crippen molar-refractivity contribution < 1.29 is 14.9 Å². The zero-order valence-electron chi connectivity index (χ0n) is 21.6. The van der Waals surface area contributed by atoms with Crippen LogP contribution in [0, 0.1) is 35.0 Å². The predicted octanol–water partition coefficient (Wildman–Crippen LogP) is 4.13. The van der Waals surface area contributed by atoms with Crippen molar-refractivity contribution in [2.45, 2.75) is 39.7 Å². The van der Waals surface area contributed by atoms with Gasteiger partial charge in [-0.3, -0.25) is 0 Å². The molecule has 1 saturated heterocycles. The van der Waals surface area contributed by atoms with Gasteiger partial charge in [0.05, 0.1) is 22.4 Å². The summed E-state index contributed by atoms with van der Waals surface area (Å²) in [5.41, 5.74) is 2.49. The molecule has 0 unspecified atom stereocenters. The van der Waals surface area contributed by atoms with Gasteiger partial charge in [-0.1, -0.05) is 11.6 Å². The number of hydrogen-bond donors (Lipinski definition) is 4. The Morgan fingerprint density at radius 1 is 1.35 bits per heavy atom. The van der Waals surface area contributed by atoms with Crippen LogP contribution in [0.15, 0.2) is 24.0 Å². The van der Waals surface area contributed by atoms with E-state index in [2.05, 4.69) is 16.3 Å². The van der Waals surface area contributed by atoms with Gasteiger partial charge in [-0.25, -0.2) is 9.97 Å². The number of nitriles is 1. The van der Waals surface area contributed by atoms with E-state index < -0.39 is 6.10 Å². The molecule has 10 heteroatoms. The highest BCUT2D eigenvalue weighted by molar-refractivity contribution is 6.33. The number of aliphatic hydroxyl groups excluding tert-OH is 2. The van der Waals surface area contributed by atoms with Crippen molar-refractivity contribution in [2.24, 2.45) is 11.3 Å². The molecule has 1 aromatic carbocycles. The zero-order valence-corrected chi connectivity index (χ0v) is 22.4. The molecule has 0 radical (unpaired) electrons. The number of nitrogens with one attached hydrogen (secondary N) is 2. The molecule has 1 saturated carbocycles. The Kier molecular flexibility index (Phi) is 7.74. The number of aromatic nitrogens is 2. The van der Waals surface area contributed by atoms with Crippen LogP contribution in [-0.4, -0.2) is 65.3 Å². The first-order chi connectivity index (χ1) is 17.6. The van der Waals surface area contributed by atoms with Crippen LogP contribution in [0.4, 0.5) is 5.82 Å². The summed E-state index contributed by atoms with van der Waals surface area (Å²) in [5, 5.41) is 41.3. The summed E-state index contributed by atoms with van der Waals surface area (Å²) in [6.07, 6.45) is 1.13. The Morgan fingerprint density at radius 2 is 2.05 bits per heavy atom. The molecule has 196 valence electrons. The van der Waals surface area contributed by atoms with Gasteiger partial charge in [-0.15, -0.1) is 0 Å². The second kappa shape index (κ2) is 10.7. The molecule has 1 aliphatic heterocycles. The van der Waals surface area contributed by atoms with Crippen molar-refractivity contribution in [2.75, 3.05) is 38.2 Å². The number of rotatable bonds is 9. The molecule has 1 aromatic heterocycles. The topological polar surface area (TPSA) is 138 Å². The summed E-state index contributed by atoms with van der Waals surface area (Å²) in [7, 11) is 1.76. The van der Waals surface area contributed by atoms with Crippen LogP contribution in [-0.2, 0) is 0 Å². The molecule has 1 aliphatic carbocycles. The zero-order chi connectivity index (χ0) is 26.9. The molecule has 9 nitrogen and oxygen atoms in total. The number of anilines is 1. The molecule has 2 aromatic rings. The van der Waals surface area contributed by atoms with Crippen molar-refractivity contribution in [1.29, 1.82) is 10.7 Å². The van der Waals surface area contributed by atoms with E-state index in [1.807, 2.05) is 6.92 Å². The first-order valence-corrected chi connectivity index (χ1v) is 12.7. The lowest BCUT2D eigenvalue weighted by molar-refractivity contribution is 0.0511. The average Bonchev–Trinajstić information content (AvgIpc) is 2.78. The fourth-order valence-electron chi connectivity index (χ4n) is 5.30. The van der Waals surface area contributed by atoms with Gasteiger partial charge in [0.2, 0.25) is 0 Å². The predicted molar refractivity (Wildman–Crippen MR) is 144 cm³/mol. The lowest BCUT2D eigenvalue weighted by Crippen LogP contribution is -2.62. The van der Waals surface area contributed by atoms with Gasteiger partial charge >= 0.3 is 0 Å². The Labute approximate surface area is 222 Å². The number of halogens is 1. The summed E-state index contributed by atoms with van der Waals surface area (Å²) >= 11 is 6.59. The molecule has 4 rings (SSSR count). The van der Waals surface area contributed by atoms with Crippen LogP contribution < -0.4 is 15.0 Å². The van der Waals surface area contributed by atoms with Gasteiger partial charge in [0.1, 0.15) is 30.0 Å². The lowest BCUT2D eigenvalue weighted by atomic mass is 9.58. The smallest absolute Gasteiger partial charge is 0.163 e. The van der Waals surface area contributed by atoms with E-state index in [4.69, 9.17) is 31.7 Å². The van der Waals surface area contributed by atoms with Gasteiger partial charge in [0.15, 0.2) is 5.82 Å². The van der Waals surface area contributed by atoms with Gasteiger partial charge in [0.25, 0.3) is 0 Å². The van der Waals surface area contributed by atoms with Crippen molar-refractivity contribution >= 4 is 28.7 Å². The maximum atomic E-state index is 10.4. The molecular weight excluding hydrogens is 492 g/mol. The van der Waals surface area contributed by atoms with E-state index in [1.54, 1.807) is 39.1 Å². The van der Waals surface area contributed by atoms with Crippen LogP contribution in [0.25, 0.3) is 17.0 Å². The van der Waals surface area contributed by atoms with E-state index in [1.165, 1.54) is 0 Å². The maximum Gasteiger partial charge on any atom is 0.163 e. The molecule has 37 heavy (non-hydrogen) atoms. The van der Waals surface area contributed by atoms with Crippen LogP contribution in [0.5, 0.6) is 5.75 Å². The van der Waals surface area contributed by atoms with Gasteiger partial charge in [0, 0.05) is 47.8 Å². The summed E-state index contributed by atoms with van der Waals surface area (Å²) in [6, 6.07) is 7.52. The number of hydrogen-bond acceptors (Lipinski definition) is 9. The number of aliphatic hydroxyl groups is 2. The minimum atomic E-state index is -0.667. The van der Waals surface area contributed by atoms with Gasteiger partial charge < -0.3 is 30.6 Å². The highest BCUT2D eigenvalue weighted by Gasteiger charge is 2.53. The van der Waals surface area contributed by atoms with Crippen molar-refractivity contribution in [3.05, 3.63) is 40.2 Å². The number of likely N-dealkylation sites (N-methyl/N-ethyl adjacent to an activating group) is 1. The third kappa shape index (κ3) is 5.42. The van der Waals surface area contributed by atoms with Crippen LogP contribution in [0.3, 0.4) is 0 Å². The van der Waals surface area contributed by atoms with E-state index in [0.717, 1.165) is 37.3 Å². The molecule has 2 heterocycles. The lowest BCUT2D eigenvalue weighted by Gasteiger charge is -2.58. The molecular formula is C27H33ClN6O3. The molecule has 1 atom stereocenters. The quantitative estimate of drug-likeness (QED) is 0.283. The van der Waals surface area contributed by atoms with E-state index in [0.29, 0.717) is 40.0 Å². The number of allylic oxidation sites excluding steroid dienone is 2. The largest absolute Gasteiger partial charge is 0.512 e. The number of ether oxygens (including phenoxy) is 1. The molecule has 1 spiro atoms. The van der Waals surface area contributed by atoms with E-state index >= 15 is 0 Å². The highest BCUT2D eigenvalue weighted by atomic mass is 35.5. The van der Waals surface area contributed by atoms with Crippen LogP contribution in [0.1, 0.15) is 37.9 Å². The van der Waals surface area contributed by atoms with Crippen molar-refractivity contribution in [3.63, 3.8) is 0 Å². The minimum absolute atomic E-state index is 0.00355. The van der Waals surface area contributed by atoms with Crippen molar-refractivity contribution in [1.82, 2.24) is 15.3 Å². The van der Waals surface area contributed by atoms with Crippen LogP contribution in [0.2, 0.25) is 5.02 Å².